The first-order chi connectivity index (χ1) is 18.7. The van der Waals surface area contributed by atoms with Crippen LogP contribution in [0, 0.1) is 11.8 Å². The Labute approximate surface area is 231 Å². The van der Waals surface area contributed by atoms with E-state index in [1.165, 1.54) is 0 Å². The molecule has 4 rings (SSSR count). The van der Waals surface area contributed by atoms with E-state index in [4.69, 9.17) is 4.98 Å². The molecule has 1 saturated heterocycles. The zero-order valence-corrected chi connectivity index (χ0v) is 23.8. The van der Waals surface area contributed by atoms with Crippen molar-refractivity contribution in [3.8, 4) is 0 Å². The van der Waals surface area contributed by atoms with E-state index in [2.05, 4.69) is 25.3 Å². The molecule has 14 heteroatoms. The second-order valence-electron chi connectivity index (χ2n) is 9.89. The van der Waals surface area contributed by atoms with E-state index in [1.807, 2.05) is 37.4 Å². The summed E-state index contributed by atoms with van der Waals surface area (Å²) in [5.41, 5.74) is 4.57. The second kappa shape index (κ2) is 12.9. The van der Waals surface area contributed by atoms with Gasteiger partial charge < -0.3 is 20.4 Å². The topological polar surface area (TPSA) is 160 Å². The highest BCUT2D eigenvalue weighted by atomic mass is 32.2. The summed E-state index contributed by atoms with van der Waals surface area (Å²) in [6.45, 7) is 6.45. The molecule has 2 aromatic rings. The van der Waals surface area contributed by atoms with Gasteiger partial charge in [-0.3, -0.25) is 10.1 Å². The van der Waals surface area contributed by atoms with Crippen molar-refractivity contribution in [1.29, 1.82) is 0 Å². The lowest BCUT2D eigenvalue weighted by atomic mass is 9.98. The van der Waals surface area contributed by atoms with Crippen molar-refractivity contribution >= 4 is 54.6 Å². The van der Waals surface area contributed by atoms with Gasteiger partial charge in [0, 0.05) is 55.2 Å². The summed E-state index contributed by atoms with van der Waals surface area (Å²) in [5, 5.41) is 23.4. The lowest BCUT2D eigenvalue weighted by molar-refractivity contribution is 0.203. The number of anilines is 4. The molecule has 1 aromatic carbocycles. The van der Waals surface area contributed by atoms with Gasteiger partial charge in [0.1, 0.15) is 11.6 Å². The molecule has 0 saturated carbocycles. The summed E-state index contributed by atoms with van der Waals surface area (Å²) in [7, 11) is -4.44. The molecule has 0 amide bonds. The highest BCUT2D eigenvalue weighted by molar-refractivity contribution is 8.25. The van der Waals surface area contributed by atoms with Crippen molar-refractivity contribution < 1.29 is 23.4 Å². The smallest absolute Gasteiger partial charge is 0.374 e. The van der Waals surface area contributed by atoms with Crippen LogP contribution in [0.5, 0.6) is 0 Å². The fourth-order valence-electron chi connectivity index (χ4n) is 4.50. The molecular formula is C25H37N7O5S2. The van der Waals surface area contributed by atoms with Crippen LogP contribution in [0.1, 0.15) is 38.7 Å². The van der Waals surface area contributed by atoms with E-state index >= 15 is 0 Å². The number of hydrogen-bond donors (Lipinski definition) is 5. The lowest BCUT2D eigenvalue weighted by Gasteiger charge is -2.32. The van der Waals surface area contributed by atoms with Gasteiger partial charge in [0.2, 0.25) is 16.0 Å². The number of hydrazine groups is 1. The molecule has 5 N–H and O–H groups in total. The highest BCUT2D eigenvalue weighted by Crippen LogP contribution is 2.30. The molecule has 0 radical (unpaired) electrons. The van der Waals surface area contributed by atoms with Gasteiger partial charge in [-0.05, 0) is 54.2 Å². The number of piperidine rings is 1. The molecule has 2 aliphatic rings. The number of rotatable bonds is 11. The average molecular weight is 580 g/mol. The molecule has 3 heterocycles. The SMILES string of the molecule is CCCS(=O)(=O)Nc1ccc(CNc2cc(N3CCC(CO)CC3)nc(NN3CC(C)C=S3C(=O)O)n2)cc1. The number of sulfonamides is 1. The molecule has 2 unspecified atom stereocenters. The minimum Gasteiger partial charge on any atom is -0.473 e. The highest BCUT2D eigenvalue weighted by Gasteiger charge is 2.27. The van der Waals surface area contributed by atoms with Crippen LogP contribution in [0.2, 0.25) is 0 Å². The Morgan fingerprint density at radius 2 is 1.90 bits per heavy atom. The Bertz CT molecular complexity index is 1280. The Morgan fingerprint density at radius 3 is 2.54 bits per heavy atom. The van der Waals surface area contributed by atoms with Crippen molar-refractivity contribution in [2.24, 2.45) is 11.8 Å². The zero-order chi connectivity index (χ0) is 28.0. The first kappa shape index (κ1) is 29.1. The number of nitrogens with one attached hydrogen (secondary N) is 3. The van der Waals surface area contributed by atoms with E-state index in [9.17, 15) is 23.4 Å². The van der Waals surface area contributed by atoms with Crippen molar-refractivity contribution in [2.45, 2.75) is 39.7 Å². The third-order valence-corrected chi connectivity index (χ3v) is 9.83. The fourth-order valence-corrected chi connectivity index (χ4v) is 7.19. The van der Waals surface area contributed by atoms with Gasteiger partial charge in [-0.25, -0.2) is 13.2 Å². The van der Waals surface area contributed by atoms with Crippen molar-refractivity contribution in [3.63, 3.8) is 0 Å². The molecule has 0 bridgehead atoms. The fraction of sp³-hybridized carbons (Fsp3) is 0.520. The second-order valence-corrected chi connectivity index (χ2v) is 13.4. The Morgan fingerprint density at radius 1 is 1.18 bits per heavy atom. The summed E-state index contributed by atoms with van der Waals surface area (Å²) in [4.78, 5) is 23.2. The zero-order valence-electron chi connectivity index (χ0n) is 22.2. The first-order valence-corrected chi connectivity index (χ1v) is 16.0. The maximum Gasteiger partial charge on any atom is 0.374 e. The van der Waals surface area contributed by atoms with Crippen LogP contribution in [-0.4, -0.2) is 75.7 Å². The molecule has 214 valence electrons. The predicted octanol–water partition coefficient (Wildman–Crippen LogP) is 3.39. The Balaban J connectivity index is 1.50. The third-order valence-electron chi connectivity index (χ3n) is 6.54. The van der Waals surface area contributed by atoms with E-state index < -0.39 is 26.0 Å². The summed E-state index contributed by atoms with van der Waals surface area (Å²) in [6, 6.07) is 9.01. The molecule has 0 aliphatic carbocycles. The largest absolute Gasteiger partial charge is 0.473 e. The van der Waals surface area contributed by atoms with Crippen molar-refractivity contribution in [3.05, 3.63) is 35.9 Å². The Hall–Kier alpha value is -2.94. The number of aliphatic hydroxyl groups excluding tert-OH is 1. The van der Waals surface area contributed by atoms with Crippen LogP contribution in [0.15, 0.2) is 30.3 Å². The number of nitrogens with zero attached hydrogens (tertiary/aromatic N) is 4. The minimum absolute atomic E-state index is 0.0719. The molecular weight excluding hydrogens is 542 g/mol. The number of hydrogen-bond acceptors (Lipinski definition) is 10. The van der Waals surface area contributed by atoms with E-state index in [1.54, 1.807) is 16.5 Å². The molecule has 12 nitrogen and oxygen atoms in total. The first-order valence-electron chi connectivity index (χ1n) is 13.1. The number of aliphatic hydroxyl groups is 1. The summed E-state index contributed by atoms with van der Waals surface area (Å²) < 4.78 is 28.3. The van der Waals surface area contributed by atoms with E-state index in [0.717, 1.165) is 37.3 Å². The molecule has 1 fully saturated rings. The maximum atomic E-state index is 12.0. The van der Waals surface area contributed by atoms with E-state index in [-0.39, 0.29) is 24.2 Å². The number of carboxylic acid groups (broad SMARTS) is 1. The minimum atomic E-state index is -3.35. The van der Waals surface area contributed by atoms with Crippen LogP contribution in [0.4, 0.5) is 28.1 Å². The maximum absolute atomic E-state index is 12.0. The van der Waals surface area contributed by atoms with Gasteiger partial charge >= 0.3 is 5.30 Å². The summed E-state index contributed by atoms with van der Waals surface area (Å²) in [5.74, 6) is 2.07. The number of benzene rings is 1. The summed E-state index contributed by atoms with van der Waals surface area (Å²) in [6.07, 6.45) is 2.27. The van der Waals surface area contributed by atoms with Crippen LogP contribution in [0.3, 0.4) is 0 Å². The normalized spacial score (nSPS) is 20.4. The van der Waals surface area contributed by atoms with Gasteiger partial charge in [-0.15, -0.1) is 0 Å². The lowest BCUT2D eigenvalue weighted by Crippen LogP contribution is -2.35. The summed E-state index contributed by atoms with van der Waals surface area (Å²) >= 11 is 0. The van der Waals surface area contributed by atoms with Gasteiger partial charge in [-0.1, -0.05) is 26.0 Å². The van der Waals surface area contributed by atoms with Crippen LogP contribution >= 0.6 is 10.7 Å². The third kappa shape index (κ3) is 8.03. The standard InChI is InChI=1S/C25H37N7O5S2/c1-3-12-39(36,37)30-21-6-4-19(5-7-21)14-26-22-13-23(31-10-8-20(16-33)9-11-31)28-24(27-22)29-32-15-18(2)17-38(32)25(34)35/h4-7,13,17-18,20,30,33H,3,8-12,14-16H2,1-2H3,(H,34,35)(H2,26,27,28,29). The predicted molar refractivity (Wildman–Crippen MR) is 157 cm³/mol. The van der Waals surface area contributed by atoms with Crippen molar-refractivity contribution in [2.75, 3.05) is 52.4 Å². The van der Waals surface area contributed by atoms with Gasteiger partial charge in [-0.2, -0.15) is 14.4 Å². The van der Waals surface area contributed by atoms with Crippen LogP contribution in [0.25, 0.3) is 0 Å². The molecule has 2 aliphatic heterocycles. The quantitative estimate of drug-likeness (QED) is 0.248. The van der Waals surface area contributed by atoms with Crippen LogP contribution < -0.4 is 20.4 Å². The molecule has 2 atom stereocenters. The molecule has 1 aromatic heterocycles. The molecule has 0 spiro atoms. The molecule has 39 heavy (non-hydrogen) atoms. The van der Waals surface area contributed by atoms with Gasteiger partial charge in [0.05, 0.1) is 5.75 Å². The number of carbonyl (C=O) groups is 1. The number of aromatic nitrogens is 2. The Kier molecular flexibility index (Phi) is 9.64. The van der Waals surface area contributed by atoms with Gasteiger partial charge in [0.15, 0.2) is 0 Å². The average Bonchev–Trinajstić information content (AvgIpc) is 3.28. The van der Waals surface area contributed by atoms with Crippen molar-refractivity contribution in [1.82, 2.24) is 14.4 Å². The van der Waals surface area contributed by atoms with E-state index in [0.29, 0.717) is 37.0 Å². The monoisotopic (exact) mass is 579 g/mol. The van der Waals surface area contributed by atoms with Crippen LogP contribution in [-0.2, 0) is 16.6 Å². The van der Waals surface area contributed by atoms with Gasteiger partial charge in [0.25, 0.3) is 0 Å².